The van der Waals surface area contributed by atoms with Gasteiger partial charge in [-0.1, -0.05) is 28.1 Å². The predicted molar refractivity (Wildman–Crippen MR) is 89.3 cm³/mol. The lowest BCUT2D eigenvalue weighted by molar-refractivity contribution is -0.136. The normalized spacial score (nSPS) is 11.0. The Morgan fingerprint density at radius 2 is 2.00 bits per heavy atom. The summed E-state index contributed by atoms with van der Waals surface area (Å²) >= 11 is 3.27. The summed E-state index contributed by atoms with van der Waals surface area (Å²) in [6.07, 6.45) is -0.274. The van der Waals surface area contributed by atoms with Crippen LogP contribution in [0.4, 0.5) is 5.69 Å². The zero-order valence-corrected chi connectivity index (χ0v) is 14.5. The molecular weight excluding hydrogens is 386 g/mol. The Kier molecular flexibility index (Phi) is 5.27. The maximum absolute atomic E-state index is 12.6. The van der Waals surface area contributed by atoms with E-state index in [4.69, 9.17) is 9.84 Å². The van der Waals surface area contributed by atoms with Crippen LogP contribution in [0.5, 0.6) is 5.75 Å². The molecule has 0 spiro atoms. The number of hydrogen-bond donors (Lipinski definition) is 2. The first-order valence-corrected chi connectivity index (χ1v) is 8.76. The van der Waals surface area contributed by atoms with Gasteiger partial charge in [0.05, 0.1) is 13.5 Å². The van der Waals surface area contributed by atoms with Gasteiger partial charge in [-0.3, -0.25) is 9.52 Å². The SMILES string of the molecule is COc1ccc(CC(=O)O)cc1S(=O)(=O)Nc1cccc(Br)c1. The highest BCUT2D eigenvalue weighted by Gasteiger charge is 2.21. The number of benzene rings is 2. The smallest absolute Gasteiger partial charge is 0.307 e. The number of halogens is 1. The van der Waals surface area contributed by atoms with E-state index in [9.17, 15) is 13.2 Å². The van der Waals surface area contributed by atoms with Crippen molar-refractivity contribution in [2.45, 2.75) is 11.3 Å². The van der Waals surface area contributed by atoms with Gasteiger partial charge < -0.3 is 9.84 Å². The Balaban J connectivity index is 2.42. The van der Waals surface area contributed by atoms with Gasteiger partial charge >= 0.3 is 5.97 Å². The first-order valence-electron chi connectivity index (χ1n) is 6.49. The van der Waals surface area contributed by atoms with Crippen molar-refractivity contribution >= 4 is 37.6 Å². The zero-order valence-electron chi connectivity index (χ0n) is 12.1. The molecule has 0 saturated carbocycles. The number of hydrogen-bond acceptors (Lipinski definition) is 4. The fourth-order valence-electron chi connectivity index (χ4n) is 1.98. The van der Waals surface area contributed by atoms with Crippen molar-refractivity contribution in [1.82, 2.24) is 0 Å². The molecule has 0 fully saturated rings. The van der Waals surface area contributed by atoms with Gasteiger partial charge in [0.15, 0.2) is 0 Å². The molecule has 0 saturated heterocycles. The Hall–Kier alpha value is -2.06. The van der Waals surface area contributed by atoms with Crippen LogP contribution in [0.1, 0.15) is 5.56 Å². The highest BCUT2D eigenvalue weighted by atomic mass is 79.9. The van der Waals surface area contributed by atoms with E-state index in [-0.39, 0.29) is 17.1 Å². The van der Waals surface area contributed by atoms with Gasteiger partial charge in [-0.05, 0) is 35.9 Å². The summed E-state index contributed by atoms with van der Waals surface area (Å²) in [6, 6.07) is 10.9. The second kappa shape index (κ2) is 7.01. The number of anilines is 1. The van der Waals surface area contributed by atoms with Crippen LogP contribution in [0.15, 0.2) is 51.8 Å². The molecule has 122 valence electrons. The first kappa shape index (κ1) is 17.3. The molecule has 6 nitrogen and oxygen atoms in total. The number of carboxylic acids is 1. The van der Waals surface area contributed by atoms with Gasteiger partial charge in [0, 0.05) is 10.2 Å². The van der Waals surface area contributed by atoms with Crippen LogP contribution >= 0.6 is 15.9 Å². The molecule has 0 amide bonds. The molecule has 0 atom stereocenters. The molecule has 0 radical (unpaired) electrons. The molecule has 23 heavy (non-hydrogen) atoms. The Morgan fingerprint density at radius 3 is 2.61 bits per heavy atom. The summed E-state index contributed by atoms with van der Waals surface area (Å²) in [7, 11) is -2.57. The molecule has 2 rings (SSSR count). The number of nitrogens with one attached hydrogen (secondary N) is 1. The third kappa shape index (κ3) is 4.46. The number of carboxylic acid groups (broad SMARTS) is 1. The minimum absolute atomic E-state index is 0.112. The minimum Gasteiger partial charge on any atom is -0.495 e. The van der Waals surface area contributed by atoms with Crippen molar-refractivity contribution in [3.63, 3.8) is 0 Å². The minimum atomic E-state index is -3.92. The third-order valence-corrected chi connectivity index (χ3v) is 4.85. The van der Waals surface area contributed by atoms with Crippen LogP contribution < -0.4 is 9.46 Å². The summed E-state index contributed by atoms with van der Waals surface area (Å²) in [5, 5.41) is 8.85. The molecule has 0 aliphatic rings. The van der Waals surface area contributed by atoms with Crippen LogP contribution in [0.25, 0.3) is 0 Å². The summed E-state index contributed by atoms with van der Waals surface area (Å²) in [6.45, 7) is 0. The molecule has 0 bridgehead atoms. The maximum atomic E-state index is 12.6. The monoisotopic (exact) mass is 399 g/mol. The zero-order chi connectivity index (χ0) is 17.0. The fourth-order valence-corrected chi connectivity index (χ4v) is 3.65. The van der Waals surface area contributed by atoms with E-state index in [2.05, 4.69) is 20.7 Å². The molecule has 0 unspecified atom stereocenters. The third-order valence-electron chi connectivity index (χ3n) is 2.95. The van der Waals surface area contributed by atoms with E-state index < -0.39 is 16.0 Å². The number of ether oxygens (including phenoxy) is 1. The first-order chi connectivity index (χ1) is 10.8. The van der Waals surface area contributed by atoms with Gasteiger partial charge in [-0.15, -0.1) is 0 Å². The molecule has 8 heteroatoms. The largest absolute Gasteiger partial charge is 0.495 e. The summed E-state index contributed by atoms with van der Waals surface area (Å²) in [5.41, 5.74) is 0.748. The van der Waals surface area contributed by atoms with E-state index in [1.165, 1.54) is 25.3 Å². The molecule has 0 aliphatic carbocycles. The Labute approximate surface area is 142 Å². The summed E-state index contributed by atoms with van der Waals surface area (Å²) in [4.78, 5) is 10.7. The number of aliphatic carboxylic acids is 1. The molecule has 0 heterocycles. The second-order valence-electron chi connectivity index (χ2n) is 4.67. The van der Waals surface area contributed by atoms with Gasteiger partial charge in [0.25, 0.3) is 10.0 Å². The number of methoxy groups -OCH3 is 1. The van der Waals surface area contributed by atoms with Gasteiger partial charge in [-0.25, -0.2) is 8.42 Å². The van der Waals surface area contributed by atoms with Gasteiger partial charge in [0.1, 0.15) is 10.6 Å². The van der Waals surface area contributed by atoms with E-state index in [1.807, 2.05) is 0 Å². The van der Waals surface area contributed by atoms with Crippen molar-refractivity contribution in [3.05, 3.63) is 52.5 Å². The van der Waals surface area contributed by atoms with Crippen LogP contribution in [0.2, 0.25) is 0 Å². The van der Waals surface area contributed by atoms with Crippen molar-refractivity contribution < 1.29 is 23.1 Å². The standard InChI is InChI=1S/C15H14BrNO5S/c1-22-13-6-5-10(8-15(18)19)7-14(13)23(20,21)17-12-4-2-3-11(16)9-12/h2-7,9,17H,8H2,1H3,(H,18,19). The average molecular weight is 400 g/mol. The number of sulfonamides is 1. The van der Waals surface area contributed by atoms with E-state index in [1.54, 1.807) is 24.3 Å². The Morgan fingerprint density at radius 1 is 1.26 bits per heavy atom. The van der Waals surface area contributed by atoms with Crippen molar-refractivity contribution in [2.24, 2.45) is 0 Å². The van der Waals surface area contributed by atoms with Crippen LogP contribution in [-0.4, -0.2) is 26.6 Å². The van der Waals surface area contributed by atoms with E-state index >= 15 is 0 Å². The molecule has 0 aliphatic heterocycles. The highest BCUT2D eigenvalue weighted by molar-refractivity contribution is 9.10. The molecule has 2 aromatic carbocycles. The maximum Gasteiger partial charge on any atom is 0.307 e. The lowest BCUT2D eigenvalue weighted by atomic mass is 10.1. The summed E-state index contributed by atoms with van der Waals surface area (Å²) < 4.78 is 33.4. The van der Waals surface area contributed by atoms with Crippen molar-refractivity contribution in [2.75, 3.05) is 11.8 Å². The number of carbonyl (C=O) groups is 1. The van der Waals surface area contributed by atoms with Crippen LogP contribution in [0, 0.1) is 0 Å². The van der Waals surface area contributed by atoms with Crippen LogP contribution in [0.3, 0.4) is 0 Å². The van der Waals surface area contributed by atoms with Crippen molar-refractivity contribution in [3.8, 4) is 5.75 Å². The van der Waals surface area contributed by atoms with Crippen molar-refractivity contribution in [1.29, 1.82) is 0 Å². The van der Waals surface area contributed by atoms with E-state index in [0.717, 1.165) is 4.47 Å². The highest BCUT2D eigenvalue weighted by Crippen LogP contribution is 2.28. The summed E-state index contributed by atoms with van der Waals surface area (Å²) in [5.74, 6) is -0.903. The predicted octanol–water partition coefficient (Wildman–Crippen LogP) is 2.89. The Bertz CT molecular complexity index is 836. The molecule has 0 aromatic heterocycles. The molecule has 2 aromatic rings. The quantitative estimate of drug-likeness (QED) is 0.778. The average Bonchev–Trinajstić information content (AvgIpc) is 2.46. The second-order valence-corrected chi connectivity index (χ2v) is 7.24. The molecular formula is C15H14BrNO5S. The fraction of sp³-hybridized carbons (Fsp3) is 0.133. The topological polar surface area (TPSA) is 92.7 Å². The lowest BCUT2D eigenvalue weighted by Crippen LogP contribution is -2.15. The van der Waals surface area contributed by atoms with Gasteiger partial charge in [0.2, 0.25) is 0 Å². The van der Waals surface area contributed by atoms with E-state index in [0.29, 0.717) is 11.3 Å². The number of rotatable bonds is 6. The van der Waals surface area contributed by atoms with Crippen LogP contribution in [-0.2, 0) is 21.2 Å². The lowest BCUT2D eigenvalue weighted by Gasteiger charge is -2.13. The van der Waals surface area contributed by atoms with Gasteiger partial charge in [-0.2, -0.15) is 0 Å². The molecule has 2 N–H and O–H groups in total.